The number of hydrogen-bond donors (Lipinski definition) is 1. The minimum absolute atomic E-state index is 0.132. The van der Waals surface area contributed by atoms with E-state index in [1.165, 1.54) is 11.6 Å². The van der Waals surface area contributed by atoms with E-state index in [0.717, 1.165) is 25.1 Å². The van der Waals surface area contributed by atoms with Gasteiger partial charge in [-0.25, -0.2) is 4.39 Å². The number of aryl methyl sites for hydroxylation is 1. The standard InChI is InChI=1S/C15H24FN/c1-11(2)9-17-10-12(3)7-14-8-15(16)6-5-13(14)4/h5-6,8,11-12,17H,7,9-10H2,1-4H3. The van der Waals surface area contributed by atoms with Gasteiger partial charge in [0.15, 0.2) is 0 Å². The van der Waals surface area contributed by atoms with Crippen molar-refractivity contribution in [3.8, 4) is 0 Å². The second kappa shape index (κ2) is 6.75. The Hall–Kier alpha value is -0.890. The van der Waals surface area contributed by atoms with Crippen LogP contribution in [0.4, 0.5) is 4.39 Å². The zero-order valence-corrected chi connectivity index (χ0v) is 11.4. The number of benzene rings is 1. The van der Waals surface area contributed by atoms with Gasteiger partial charge in [0.2, 0.25) is 0 Å². The fourth-order valence-corrected chi connectivity index (χ4v) is 1.93. The summed E-state index contributed by atoms with van der Waals surface area (Å²) in [4.78, 5) is 0. The first-order valence-corrected chi connectivity index (χ1v) is 6.44. The number of nitrogens with one attached hydrogen (secondary N) is 1. The normalized spacial score (nSPS) is 13.1. The van der Waals surface area contributed by atoms with Crippen LogP contribution in [0.2, 0.25) is 0 Å². The van der Waals surface area contributed by atoms with Gasteiger partial charge in [-0.15, -0.1) is 0 Å². The maximum Gasteiger partial charge on any atom is 0.123 e. The van der Waals surface area contributed by atoms with Crippen LogP contribution in [0.3, 0.4) is 0 Å². The Kier molecular flexibility index (Phi) is 5.63. The zero-order valence-electron chi connectivity index (χ0n) is 11.4. The van der Waals surface area contributed by atoms with Gasteiger partial charge in [-0.1, -0.05) is 26.8 Å². The first-order chi connectivity index (χ1) is 7.99. The molecule has 0 spiro atoms. The summed E-state index contributed by atoms with van der Waals surface area (Å²) in [6.07, 6.45) is 0.939. The molecule has 0 aliphatic heterocycles. The Balaban J connectivity index is 2.44. The fourth-order valence-electron chi connectivity index (χ4n) is 1.93. The summed E-state index contributed by atoms with van der Waals surface area (Å²) in [5, 5.41) is 3.45. The molecule has 0 saturated heterocycles. The molecule has 0 saturated carbocycles. The van der Waals surface area contributed by atoms with Gasteiger partial charge in [-0.2, -0.15) is 0 Å². The number of halogens is 1. The molecule has 0 aromatic heterocycles. The van der Waals surface area contributed by atoms with Crippen molar-refractivity contribution in [3.63, 3.8) is 0 Å². The van der Waals surface area contributed by atoms with Crippen LogP contribution >= 0.6 is 0 Å². The van der Waals surface area contributed by atoms with Crippen molar-refractivity contribution in [2.75, 3.05) is 13.1 Å². The molecular weight excluding hydrogens is 213 g/mol. The molecule has 0 heterocycles. The van der Waals surface area contributed by atoms with E-state index >= 15 is 0 Å². The molecular formula is C15H24FN. The molecule has 17 heavy (non-hydrogen) atoms. The Morgan fingerprint density at radius 1 is 1.18 bits per heavy atom. The molecule has 0 radical (unpaired) electrons. The molecule has 0 bridgehead atoms. The lowest BCUT2D eigenvalue weighted by Crippen LogP contribution is -2.26. The molecule has 2 heteroatoms. The molecule has 96 valence electrons. The van der Waals surface area contributed by atoms with Crippen molar-refractivity contribution in [3.05, 3.63) is 35.1 Å². The highest BCUT2D eigenvalue weighted by atomic mass is 19.1. The van der Waals surface area contributed by atoms with Gasteiger partial charge in [0.25, 0.3) is 0 Å². The molecule has 1 nitrogen and oxygen atoms in total. The van der Waals surface area contributed by atoms with Gasteiger partial charge in [0, 0.05) is 0 Å². The van der Waals surface area contributed by atoms with Gasteiger partial charge >= 0.3 is 0 Å². The van der Waals surface area contributed by atoms with Crippen molar-refractivity contribution < 1.29 is 4.39 Å². The van der Waals surface area contributed by atoms with E-state index in [2.05, 4.69) is 26.1 Å². The fraction of sp³-hybridized carbons (Fsp3) is 0.600. The third kappa shape index (κ3) is 5.31. The Morgan fingerprint density at radius 3 is 2.53 bits per heavy atom. The summed E-state index contributed by atoms with van der Waals surface area (Å²) in [6.45, 7) is 10.7. The Morgan fingerprint density at radius 2 is 1.88 bits per heavy atom. The van der Waals surface area contributed by atoms with Crippen molar-refractivity contribution in [1.29, 1.82) is 0 Å². The van der Waals surface area contributed by atoms with Crippen LogP contribution < -0.4 is 5.32 Å². The van der Waals surface area contributed by atoms with E-state index in [1.807, 2.05) is 13.0 Å². The Labute approximate surface area is 104 Å². The van der Waals surface area contributed by atoms with Crippen LogP contribution in [-0.4, -0.2) is 13.1 Å². The predicted molar refractivity (Wildman–Crippen MR) is 71.7 cm³/mol. The maximum atomic E-state index is 13.1. The van der Waals surface area contributed by atoms with Crippen LogP contribution in [0.15, 0.2) is 18.2 Å². The first-order valence-electron chi connectivity index (χ1n) is 6.44. The molecule has 0 amide bonds. The van der Waals surface area contributed by atoms with Gasteiger partial charge in [-0.05, 0) is 61.5 Å². The topological polar surface area (TPSA) is 12.0 Å². The van der Waals surface area contributed by atoms with E-state index < -0.39 is 0 Å². The summed E-state index contributed by atoms with van der Waals surface area (Å²) in [6, 6.07) is 5.05. The molecule has 0 fully saturated rings. The summed E-state index contributed by atoms with van der Waals surface area (Å²) >= 11 is 0. The molecule has 0 aliphatic carbocycles. The van der Waals surface area contributed by atoms with Crippen molar-refractivity contribution in [2.45, 2.75) is 34.1 Å². The zero-order chi connectivity index (χ0) is 12.8. The van der Waals surface area contributed by atoms with Gasteiger partial charge in [0.05, 0.1) is 0 Å². The van der Waals surface area contributed by atoms with Crippen LogP contribution in [0, 0.1) is 24.6 Å². The maximum absolute atomic E-state index is 13.1. The average Bonchev–Trinajstić information content (AvgIpc) is 2.23. The lowest BCUT2D eigenvalue weighted by atomic mass is 9.97. The van der Waals surface area contributed by atoms with Gasteiger partial charge in [-0.3, -0.25) is 0 Å². The molecule has 1 aromatic rings. The molecule has 1 aromatic carbocycles. The highest BCUT2D eigenvalue weighted by Gasteiger charge is 2.07. The van der Waals surface area contributed by atoms with E-state index in [0.29, 0.717) is 11.8 Å². The van der Waals surface area contributed by atoms with Crippen LogP contribution in [-0.2, 0) is 6.42 Å². The van der Waals surface area contributed by atoms with Crippen molar-refractivity contribution in [1.82, 2.24) is 5.32 Å². The lowest BCUT2D eigenvalue weighted by molar-refractivity contribution is 0.472. The molecule has 1 N–H and O–H groups in total. The van der Waals surface area contributed by atoms with Crippen LogP contribution in [0.5, 0.6) is 0 Å². The predicted octanol–water partition coefficient (Wildman–Crippen LogP) is 3.56. The lowest BCUT2D eigenvalue weighted by Gasteiger charge is -2.15. The summed E-state index contributed by atoms with van der Waals surface area (Å²) in [7, 11) is 0. The smallest absolute Gasteiger partial charge is 0.123 e. The van der Waals surface area contributed by atoms with E-state index in [-0.39, 0.29) is 5.82 Å². The monoisotopic (exact) mass is 237 g/mol. The van der Waals surface area contributed by atoms with Gasteiger partial charge < -0.3 is 5.32 Å². The van der Waals surface area contributed by atoms with Gasteiger partial charge in [0.1, 0.15) is 5.82 Å². The van der Waals surface area contributed by atoms with E-state index in [9.17, 15) is 4.39 Å². The highest BCUT2D eigenvalue weighted by molar-refractivity contribution is 5.26. The second-order valence-corrected chi connectivity index (χ2v) is 5.43. The quantitative estimate of drug-likeness (QED) is 0.797. The molecule has 0 aliphatic rings. The van der Waals surface area contributed by atoms with Crippen LogP contribution in [0.1, 0.15) is 31.9 Å². The van der Waals surface area contributed by atoms with Crippen LogP contribution in [0.25, 0.3) is 0 Å². The largest absolute Gasteiger partial charge is 0.316 e. The summed E-state index contributed by atoms with van der Waals surface area (Å²) < 4.78 is 13.1. The average molecular weight is 237 g/mol. The number of hydrogen-bond acceptors (Lipinski definition) is 1. The highest BCUT2D eigenvalue weighted by Crippen LogP contribution is 2.14. The summed E-state index contributed by atoms with van der Waals surface area (Å²) in [5.41, 5.74) is 2.31. The van der Waals surface area contributed by atoms with E-state index in [4.69, 9.17) is 0 Å². The number of rotatable bonds is 6. The van der Waals surface area contributed by atoms with Crippen molar-refractivity contribution in [2.24, 2.45) is 11.8 Å². The third-order valence-corrected chi connectivity index (χ3v) is 2.92. The second-order valence-electron chi connectivity index (χ2n) is 5.43. The molecule has 1 atom stereocenters. The third-order valence-electron chi connectivity index (χ3n) is 2.92. The Bertz CT molecular complexity index is 347. The minimum Gasteiger partial charge on any atom is -0.316 e. The SMILES string of the molecule is Cc1ccc(F)cc1CC(C)CNCC(C)C. The van der Waals surface area contributed by atoms with E-state index in [1.54, 1.807) is 6.07 Å². The molecule has 1 unspecified atom stereocenters. The van der Waals surface area contributed by atoms with Crippen molar-refractivity contribution >= 4 is 0 Å². The summed E-state index contributed by atoms with van der Waals surface area (Å²) in [5.74, 6) is 1.08. The first kappa shape index (κ1) is 14.2. The minimum atomic E-state index is -0.132. The molecule has 1 rings (SSSR count).